The molecule has 2 aromatic rings. The number of nitrogens with zero attached hydrogens (tertiary/aromatic N) is 4. The monoisotopic (exact) mass is 244 g/mol. The van der Waals surface area contributed by atoms with Crippen molar-refractivity contribution in [2.45, 2.75) is 43.7 Å². The van der Waals surface area contributed by atoms with Crippen molar-refractivity contribution in [2.75, 3.05) is 0 Å². The van der Waals surface area contributed by atoms with Gasteiger partial charge in [0.05, 0.1) is 11.7 Å². The maximum atomic E-state index is 6.26. The minimum absolute atomic E-state index is 0.247. The predicted octanol–water partition coefficient (Wildman–Crippen LogP) is 1.34. The molecule has 0 radical (unpaired) electrons. The Balaban J connectivity index is 1.70. The van der Waals surface area contributed by atoms with Crippen molar-refractivity contribution >= 4 is 0 Å². The van der Waals surface area contributed by atoms with Crippen molar-refractivity contribution < 1.29 is 0 Å². The lowest BCUT2D eigenvalue weighted by molar-refractivity contribution is 0.240. The van der Waals surface area contributed by atoms with Crippen molar-refractivity contribution in [3.63, 3.8) is 0 Å². The van der Waals surface area contributed by atoms with Gasteiger partial charge >= 0.3 is 0 Å². The third kappa shape index (κ3) is 1.42. The molecule has 6 heteroatoms. The average Bonchev–Trinajstić information content (AvgIpc) is 2.89. The van der Waals surface area contributed by atoms with E-state index in [4.69, 9.17) is 5.73 Å². The van der Waals surface area contributed by atoms with E-state index in [2.05, 4.69) is 24.7 Å². The van der Waals surface area contributed by atoms with Crippen LogP contribution in [0.15, 0.2) is 12.5 Å². The Kier molecular flexibility index (Phi) is 1.94. The molecule has 0 atom stereocenters. The molecular formula is C12H16N6. The van der Waals surface area contributed by atoms with Gasteiger partial charge in [-0.25, -0.2) is 4.98 Å². The molecule has 2 aliphatic carbocycles. The van der Waals surface area contributed by atoms with E-state index >= 15 is 0 Å². The number of hydrogen-bond acceptors (Lipinski definition) is 4. The van der Waals surface area contributed by atoms with Crippen LogP contribution in [0.4, 0.5) is 0 Å². The molecule has 3 N–H and O–H groups in total. The molecule has 0 unspecified atom stereocenters. The summed E-state index contributed by atoms with van der Waals surface area (Å²) in [5.41, 5.74) is 6.94. The Morgan fingerprint density at radius 1 is 1.39 bits per heavy atom. The molecule has 2 saturated carbocycles. The molecule has 0 aromatic carbocycles. The van der Waals surface area contributed by atoms with Gasteiger partial charge in [0.15, 0.2) is 5.82 Å². The summed E-state index contributed by atoms with van der Waals surface area (Å²) in [5.74, 6) is 1.76. The van der Waals surface area contributed by atoms with E-state index in [-0.39, 0.29) is 5.54 Å². The van der Waals surface area contributed by atoms with Crippen LogP contribution in [0.5, 0.6) is 0 Å². The number of aromatic nitrogens is 5. The molecule has 0 spiro atoms. The molecule has 2 aromatic heterocycles. The van der Waals surface area contributed by atoms with Gasteiger partial charge in [-0.1, -0.05) is 0 Å². The lowest BCUT2D eigenvalue weighted by Crippen LogP contribution is -2.44. The van der Waals surface area contributed by atoms with Gasteiger partial charge in [-0.2, -0.15) is 0 Å². The number of rotatable bonds is 3. The second kappa shape index (κ2) is 3.41. The number of imidazole rings is 1. The highest BCUT2D eigenvalue weighted by Crippen LogP contribution is 2.39. The molecule has 2 heterocycles. The number of nitrogens with two attached hydrogens (primary N) is 1. The van der Waals surface area contributed by atoms with Crippen LogP contribution in [0.2, 0.25) is 0 Å². The normalized spacial score (nSPS) is 21.8. The third-order valence-corrected chi connectivity index (χ3v) is 4.05. The van der Waals surface area contributed by atoms with Crippen LogP contribution in [0.3, 0.4) is 0 Å². The van der Waals surface area contributed by atoms with E-state index in [1.165, 1.54) is 19.3 Å². The van der Waals surface area contributed by atoms with Crippen LogP contribution < -0.4 is 5.73 Å². The van der Waals surface area contributed by atoms with Crippen LogP contribution in [0.1, 0.15) is 44.0 Å². The van der Waals surface area contributed by atoms with Gasteiger partial charge in [0.2, 0.25) is 0 Å². The molecule has 0 saturated heterocycles. The van der Waals surface area contributed by atoms with Crippen molar-refractivity contribution in [1.29, 1.82) is 0 Å². The Labute approximate surface area is 105 Å². The Morgan fingerprint density at radius 2 is 2.22 bits per heavy atom. The Bertz CT molecular complexity index is 575. The minimum atomic E-state index is -0.247. The highest BCUT2D eigenvalue weighted by Gasteiger charge is 2.37. The van der Waals surface area contributed by atoms with Crippen molar-refractivity contribution in [1.82, 2.24) is 24.7 Å². The summed E-state index contributed by atoms with van der Waals surface area (Å²) in [7, 11) is 0. The van der Waals surface area contributed by atoms with E-state index in [0.717, 1.165) is 30.2 Å². The zero-order valence-corrected chi connectivity index (χ0v) is 10.1. The van der Waals surface area contributed by atoms with Crippen molar-refractivity contribution in [2.24, 2.45) is 5.73 Å². The molecule has 0 aliphatic heterocycles. The fraction of sp³-hybridized carbons (Fsp3) is 0.583. The molecule has 94 valence electrons. The molecule has 4 rings (SSSR count). The number of hydrogen-bond donors (Lipinski definition) is 2. The van der Waals surface area contributed by atoms with E-state index in [0.29, 0.717) is 6.04 Å². The number of aromatic amines is 1. The minimum Gasteiger partial charge on any atom is -0.338 e. The molecule has 6 nitrogen and oxygen atoms in total. The molecule has 0 amide bonds. The Hall–Kier alpha value is -1.69. The topological polar surface area (TPSA) is 85.4 Å². The average molecular weight is 244 g/mol. The predicted molar refractivity (Wildman–Crippen MR) is 65.6 cm³/mol. The summed E-state index contributed by atoms with van der Waals surface area (Å²) in [6.07, 6.45) is 9.26. The summed E-state index contributed by atoms with van der Waals surface area (Å²) < 4.78 is 2.13. The highest BCUT2D eigenvalue weighted by molar-refractivity contribution is 5.49. The van der Waals surface area contributed by atoms with E-state index < -0.39 is 0 Å². The fourth-order valence-corrected chi connectivity index (χ4v) is 2.54. The van der Waals surface area contributed by atoms with Crippen molar-refractivity contribution in [3.8, 4) is 11.5 Å². The number of nitrogens with one attached hydrogen (secondary N) is 1. The lowest BCUT2D eigenvalue weighted by atomic mass is 9.77. The Morgan fingerprint density at radius 3 is 2.89 bits per heavy atom. The van der Waals surface area contributed by atoms with Gasteiger partial charge in [-0.05, 0) is 32.1 Å². The van der Waals surface area contributed by atoms with Crippen LogP contribution >= 0.6 is 0 Å². The van der Waals surface area contributed by atoms with Gasteiger partial charge in [-0.15, -0.1) is 10.2 Å². The lowest BCUT2D eigenvalue weighted by Gasteiger charge is -2.35. The van der Waals surface area contributed by atoms with Gasteiger partial charge in [-0.3, -0.25) is 0 Å². The van der Waals surface area contributed by atoms with Gasteiger partial charge < -0.3 is 15.3 Å². The van der Waals surface area contributed by atoms with Crippen LogP contribution in [0.25, 0.3) is 11.5 Å². The van der Waals surface area contributed by atoms with Crippen LogP contribution in [-0.2, 0) is 5.54 Å². The summed E-state index contributed by atoms with van der Waals surface area (Å²) in [5, 5.41) is 8.19. The standard InChI is InChI=1S/C12H16N6/c13-12(4-1-5-12)11-14-6-9(16-11)10-17-15-7-18(10)8-2-3-8/h6-8H,1-5,13H2,(H,14,16). The SMILES string of the molecule is NC1(c2ncc(-c3nncn3C3CC3)[nH]2)CCC1. The first kappa shape index (κ1) is 10.3. The smallest absolute Gasteiger partial charge is 0.182 e. The largest absolute Gasteiger partial charge is 0.338 e. The molecular weight excluding hydrogens is 228 g/mol. The quantitative estimate of drug-likeness (QED) is 0.853. The van der Waals surface area contributed by atoms with E-state index in [1.54, 1.807) is 6.33 Å². The molecule has 18 heavy (non-hydrogen) atoms. The van der Waals surface area contributed by atoms with E-state index in [1.807, 2.05) is 6.20 Å². The van der Waals surface area contributed by atoms with Gasteiger partial charge in [0, 0.05) is 6.04 Å². The second-order valence-corrected chi connectivity index (χ2v) is 5.45. The highest BCUT2D eigenvalue weighted by atomic mass is 15.3. The van der Waals surface area contributed by atoms with Crippen molar-refractivity contribution in [3.05, 3.63) is 18.3 Å². The first-order chi connectivity index (χ1) is 8.76. The summed E-state index contributed by atoms with van der Waals surface area (Å²) >= 11 is 0. The zero-order valence-electron chi connectivity index (χ0n) is 10.1. The second-order valence-electron chi connectivity index (χ2n) is 5.45. The maximum absolute atomic E-state index is 6.26. The maximum Gasteiger partial charge on any atom is 0.182 e. The molecule has 0 bridgehead atoms. The van der Waals surface area contributed by atoms with E-state index in [9.17, 15) is 0 Å². The van der Waals surface area contributed by atoms with Crippen LogP contribution in [0, 0.1) is 0 Å². The summed E-state index contributed by atoms with van der Waals surface area (Å²) in [6, 6.07) is 0.567. The summed E-state index contributed by atoms with van der Waals surface area (Å²) in [6.45, 7) is 0. The zero-order chi connectivity index (χ0) is 12.2. The molecule has 2 aliphatic rings. The fourth-order valence-electron chi connectivity index (χ4n) is 2.54. The van der Waals surface area contributed by atoms with Gasteiger partial charge in [0.1, 0.15) is 17.8 Å². The first-order valence-corrected chi connectivity index (χ1v) is 6.50. The van der Waals surface area contributed by atoms with Gasteiger partial charge in [0.25, 0.3) is 0 Å². The summed E-state index contributed by atoms with van der Waals surface area (Å²) in [4.78, 5) is 7.75. The third-order valence-electron chi connectivity index (χ3n) is 4.05. The molecule has 2 fully saturated rings. The van der Waals surface area contributed by atoms with Crippen LogP contribution in [-0.4, -0.2) is 24.7 Å². The number of H-pyrrole nitrogens is 1. The first-order valence-electron chi connectivity index (χ1n) is 6.50.